The van der Waals surface area contributed by atoms with Crippen LogP contribution in [-0.2, 0) is 20.9 Å². The molecule has 1 N–H and O–H groups in total. The number of likely N-dealkylation sites (N-methyl/N-ethyl adjacent to an activating group) is 1. The summed E-state index contributed by atoms with van der Waals surface area (Å²) < 4.78 is 17.8. The van der Waals surface area contributed by atoms with E-state index in [1.807, 2.05) is 0 Å². The molecule has 0 atom stereocenters. The third-order valence-electron chi connectivity index (χ3n) is 3.67. The first-order valence-corrected chi connectivity index (χ1v) is 8.36. The summed E-state index contributed by atoms with van der Waals surface area (Å²) in [6.45, 7) is 1.57. The van der Waals surface area contributed by atoms with Gasteiger partial charge in [-0.2, -0.15) is 0 Å². The molecule has 7 nitrogen and oxygen atoms in total. The van der Waals surface area contributed by atoms with Crippen molar-refractivity contribution in [1.29, 1.82) is 0 Å². The normalized spacial score (nSPS) is 10.1. The van der Waals surface area contributed by atoms with Gasteiger partial charge < -0.3 is 15.0 Å². The van der Waals surface area contributed by atoms with Crippen LogP contribution in [-0.4, -0.2) is 47.4 Å². The fourth-order valence-corrected chi connectivity index (χ4v) is 2.18. The van der Waals surface area contributed by atoms with E-state index in [9.17, 15) is 18.8 Å². The van der Waals surface area contributed by atoms with Crippen LogP contribution in [0.5, 0.6) is 0 Å². The van der Waals surface area contributed by atoms with Crippen molar-refractivity contribution in [1.82, 2.24) is 15.2 Å². The van der Waals surface area contributed by atoms with Gasteiger partial charge in [0, 0.05) is 19.3 Å². The molecule has 142 valence electrons. The summed E-state index contributed by atoms with van der Waals surface area (Å²) in [5.74, 6) is -1.92. The molecular formula is C19H20FN3O4. The third kappa shape index (κ3) is 6.50. The number of benzene rings is 1. The maximum atomic E-state index is 12.9. The van der Waals surface area contributed by atoms with Crippen LogP contribution in [0.3, 0.4) is 0 Å². The number of esters is 1. The quantitative estimate of drug-likeness (QED) is 0.709. The third-order valence-corrected chi connectivity index (χ3v) is 3.67. The lowest BCUT2D eigenvalue weighted by molar-refractivity contribution is -0.138. The number of pyridine rings is 1. The fraction of sp³-hybridized carbons (Fsp3) is 0.263. The van der Waals surface area contributed by atoms with Crippen LogP contribution in [0.25, 0.3) is 0 Å². The van der Waals surface area contributed by atoms with Crippen molar-refractivity contribution < 1.29 is 23.5 Å². The number of carbonyl (C=O) groups is 3. The van der Waals surface area contributed by atoms with Crippen molar-refractivity contribution in [3.63, 3.8) is 0 Å². The van der Waals surface area contributed by atoms with E-state index < -0.39 is 18.5 Å². The molecule has 8 heteroatoms. The second kappa shape index (κ2) is 10.0. The van der Waals surface area contributed by atoms with Crippen LogP contribution in [0.4, 0.5) is 4.39 Å². The molecule has 27 heavy (non-hydrogen) atoms. The first-order valence-electron chi connectivity index (χ1n) is 8.36. The molecule has 1 heterocycles. The minimum absolute atomic E-state index is 0.102. The zero-order valence-corrected chi connectivity index (χ0v) is 14.9. The lowest BCUT2D eigenvalue weighted by Gasteiger charge is -2.20. The highest BCUT2D eigenvalue weighted by atomic mass is 19.1. The molecule has 0 aliphatic heterocycles. The van der Waals surface area contributed by atoms with Crippen LogP contribution in [0, 0.1) is 5.82 Å². The van der Waals surface area contributed by atoms with Crippen LogP contribution in [0.15, 0.2) is 48.7 Å². The van der Waals surface area contributed by atoms with Crippen LogP contribution in [0.2, 0.25) is 0 Å². The number of nitrogens with zero attached hydrogens (tertiary/aromatic N) is 2. The van der Waals surface area contributed by atoms with Crippen molar-refractivity contribution in [2.75, 3.05) is 19.7 Å². The van der Waals surface area contributed by atoms with Crippen molar-refractivity contribution in [3.8, 4) is 0 Å². The number of hydrogen-bond donors (Lipinski definition) is 1. The molecular weight excluding hydrogens is 353 g/mol. The number of nitrogens with one attached hydrogen (secondary N) is 1. The minimum atomic E-state index is -0.708. The van der Waals surface area contributed by atoms with E-state index in [0.29, 0.717) is 0 Å². The van der Waals surface area contributed by atoms with Gasteiger partial charge in [-0.05, 0) is 36.8 Å². The molecule has 0 spiro atoms. The van der Waals surface area contributed by atoms with Gasteiger partial charge in [0.2, 0.25) is 5.91 Å². The average molecular weight is 373 g/mol. The number of rotatable bonds is 8. The summed E-state index contributed by atoms with van der Waals surface area (Å²) in [7, 11) is 0. The molecule has 0 unspecified atom stereocenters. The molecule has 1 aromatic heterocycles. The van der Waals surface area contributed by atoms with Crippen molar-refractivity contribution in [2.45, 2.75) is 13.5 Å². The Morgan fingerprint density at radius 3 is 2.52 bits per heavy atom. The predicted molar refractivity (Wildman–Crippen MR) is 95.0 cm³/mol. The number of hydrogen-bond acceptors (Lipinski definition) is 5. The molecule has 0 saturated heterocycles. The van der Waals surface area contributed by atoms with Gasteiger partial charge in [0.25, 0.3) is 5.91 Å². The molecule has 0 radical (unpaired) electrons. The Labute approximate surface area is 156 Å². The van der Waals surface area contributed by atoms with Gasteiger partial charge in [-0.3, -0.25) is 9.59 Å². The summed E-state index contributed by atoms with van der Waals surface area (Å²) in [6.07, 6.45) is 1.45. The molecule has 2 aromatic rings. The molecule has 0 aliphatic carbocycles. The summed E-state index contributed by atoms with van der Waals surface area (Å²) in [5.41, 5.74) is 0.841. The molecule has 0 bridgehead atoms. The first-order chi connectivity index (χ1) is 13.0. The van der Waals surface area contributed by atoms with Gasteiger partial charge in [-0.1, -0.05) is 18.2 Å². The van der Waals surface area contributed by atoms with Gasteiger partial charge in [-0.25, -0.2) is 14.2 Å². The van der Waals surface area contributed by atoms with Gasteiger partial charge in [-0.15, -0.1) is 0 Å². The zero-order chi connectivity index (χ0) is 19.6. The predicted octanol–water partition coefficient (Wildman–Crippen LogP) is 1.54. The summed E-state index contributed by atoms with van der Waals surface area (Å²) >= 11 is 0. The summed E-state index contributed by atoms with van der Waals surface area (Å²) in [4.78, 5) is 41.1. The van der Waals surface area contributed by atoms with E-state index in [1.54, 1.807) is 31.2 Å². The van der Waals surface area contributed by atoms with E-state index in [-0.39, 0.29) is 37.1 Å². The topological polar surface area (TPSA) is 88.6 Å². The minimum Gasteiger partial charge on any atom is -0.451 e. The van der Waals surface area contributed by atoms with Gasteiger partial charge in [0.1, 0.15) is 11.5 Å². The monoisotopic (exact) mass is 373 g/mol. The maximum absolute atomic E-state index is 12.9. The Kier molecular flexibility index (Phi) is 7.42. The Hall–Kier alpha value is -3.29. The zero-order valence-electron chi connectivity index (χ0n) is 14.9. The van der Waals surface area contributed by atoms with Crippen molar-refractivity contribution in [2.24, 2.45) is 0 Å². The van der Waals surface area contributed by atoms with Crippen molar-refractivity contribution >= 4 is 17.8 Å². The maximum Gasteiger partial charge on any atom is 0.357 e. The first kappa shape index (κ1) is 20.0. The lowest BCUT2D eigenvalue weighted by Crippen LogP contribution is -2.42. The SMILES string of the molecule is CCN(CC(=O)NCc1ccc(F)cc1)C(=O)COC(=O)c1ccccn1. The number of halogens is 1. The highest BCUT2D eigenvalue weighted by Crippen LogP contribution is 2.02. The Bertz CT molecular complexity index is 781. The van der Waals surface area contributed by atoms with E-state index in [2.05, 4.69) is 10.3 Å². The molecule has 0 saturated carbocycles. The fourth-order valence-electron chi connectivity index (χ4n) is 2.18. The number of carbonyl (C=O) groups excluding carboxylic acids is 3. The van der Waals surface area contributed by atoms with Crippen LogP contribution < -0.4 is 5.32 Å². The van der Waals surface area contributed by atoms with Gasteiger partial charge in [0.05, 0.1) is 6.54 Å². The number of ether oxygens (including phenoxy) is 1. The largest absolute Gasteiger partial charge is 0.451 e. The van der Waals surface area contributed by atoms with E-state index in [4.69, 9.17) is 4.74 Å². The summed E-state index contributed by atoms with van der Waals surface area (Å²) in [6, 6.07) is 10.5. The smallest absolute Gasteiger partial charge is 0.357 e. The van der Waals surface area contributed by atoms with E-state index in [1.165, 1.54) is 29.3 Å². The molecule has 2 rings (SSSR count). The molecule has 1 aromatic carbocycles. The Morgan fingerprint density at radius 2 is 1.89 bits per heavy atom. The molecule has 2 amide bonds. The lowest BCUT2D eigenvalue weighted by atomic mass is 10.2. The number of amides is 2. The number of aromatic nitrogens is 1. The highest BCUT2D eigenvalue weighted by molar-refractivity contribution is 5.90. The van der Waals surface area contributed by atoms with E-state index in [0.717, 1.165) is 5.56 Å². The Morgan fingerprint density at radius 1 is 1.15 bits per heavy atom. The summed E-state index contributed by atoms with van der Waals surface area (Å²) in [5, 5.41) is 2.66. The van der Waals surface area contributed by atoms with E-state index >= 15 is 0 Å². The van der Waals surface area contributed by atoms with Crippen LogP contribution in [0.1, 0.15) is 23.0 Å². The second-order valence-corrected chi connectivity index (χ2v) is 5.60. The van der Waals surface area contributed by atoms with Crippen LogP contribution >= 0.6 is 0 Å². The second-order valence-electron chi connectivity index (χ2n) is 5.60. The van der Waals surface area contributed by atoms with Gasteiger partial charge >= 0.3 is 5.97 Å². The Balaban J connectivity index is 1.78. The van der Waals surface area contributed by atoms with Gasteiger partial charge in [0.15, 0.2) is 6.61 Å². The van der Waals surface area contributed by atoms with Crippen molar-refractivity contribution in [3.05, 3.63) is 65.7 Å². The average Bonchev–Trinajstić information content (AvgIpc) is 2.70. The standard InChI is InChI=1S/C19H20FN3O4/c1-2-23(12-17(24)22-11-14-6-8-15(20)9-7-14)18(25)13-27-19(26)16-5-3-4-10-21-16/h3-10H,2,11-13H2,1H3,(H,22,24). The molecule has 0 aliphatic rings. The highest BCUT2D eigenvalue weighted by Gasteiger charge is 2.18. The molecule has 0 fully saturated rings.